The van der Waals surface area contributed by atoms with E-state index in [9.17, 15) is 24.3 Å². The van der Waals surface area contributed by atoms with E-state index in [1.807, 2.05) is 35.2 Å². The van der Waals surface area contributed by atoms with Crippen molar-refractivity contribution in [2.75, 3.05) is 26.3 Å². The van der Waals surface area contributed by atoms with Crippen LogP contribution in [0.15, 0.2) is 55.6 Å². The number of fused-ring (bicyclic) bond motifs is 1. The number of carbonyl (C=O) groups is 4. The van der Waals surface area contributed by atoms with Crippen molar-refractivity contribution in [3.05, 3.63) is 61.2 Å². The van der Waals surface area contributed by atoms with Crippen molar-refractivity contribution < 1.29 is 33.8 Å². The minimum absolute atomic E-state index is 0.0577. The largest absolute Gasteiger partial charge is 0.463 e. The fourth-order valence-electron chi connectivity index (χ4n) is 8.27. The summed E-state index contributed by atoms with van der Waals surface area (Å²) in [4.78, 5) is 59.4. The Bertz CT molecular complexity index is 1320. The molecule has 2 bridgehead atoms. The minimum Gasteiger partial charge on any atom is -0.463 e. The van der Waals surface area contributed by atoms with Crippen LogP contribution in [0, 0.1) is 11.8 Å². The number of allylic oxidation sites excluding steroid dienone is 1. The summed E-state index contributed by atoms with van der Waals surface area (Å²) in [5.74, 6) is -2.84. The van der Waals surface area contributed by atoms with Gasteiger partial charge in [-0.05, 0) is 50.5 Å². The van der Waals surface area contributed by atoms with Crippen LogP contribution in [-0.4, -0.2) is 93.5 Å². The first-order valence-electron chi connectivity index (χ1n) is 17.5. The fraction of sp³-hybridized carbons (Fsp3) is 0.622. The zero-order valence-corrected chi connectivity index (χ0v) is 29.4. The first kappa shape index (κ1) is 36.3. The van der Waals surface area contributed by atoms with Crippen LogP contribution in [0.2, 0.25) is 0 Å². The van der Waals surface area contributed by atoms with Crippen molar-refractivity contribution in [3.8, 4) is 0 Å². The standard InChI is InChI=1S/C37H50BrN3O7/c1-3-5-19-29(43)47-24-28(25-15-9-6-10-16-25)39-34(44)30-31-35(45)41(21-13-8-14-22-42)33(37(31)23-27(38)32(30)48-37)36(46)40(20-4-2)26-17-11-7-12-18-26/h3-4,6,9-10,15-16,26-28,30-33,42H,1-2,5,7-8,11-14,17-24H2,(H,39,44)/t27?,28-,30+,31-,32+,33+,37-/m1/s1. The van der Waals surface area contributed by atoms with Crippen molar-refractivity contribution in [3.63, 3.8) is 0 Å². The molecule has 0 aromatic heterocycles. The number of esters is 1. The number of benzene rings is 1. The maximum atomic E-state index is 14.8. The molecule has 3 heterocycles. The lowest BCUT2D eigenvalue weighted by atomic mass is 9.70. The molecule has 1 unspecified atom stereocenters. The van der Waals surface area contributed by atoms with Gasteiger partial charge >= 0.3 is 5.97 Å². The van der Waals surface area contributed by atoms with Gasteiger partial charge in [0, 0.05) is 37.0 Å². The van der Waals surface area contributed by atoms with Gasteiger partial charge in [-0.1, -0.05) is 77.7 Å². The molecule has 1 saturated carbocycles. The number of aliphatic hydroxyl groups excluding tert-OH is 1. The van der Waals surface area contributed by atoms with E-state index in [1.54, 1.807) is 17.1 Å². The highest BCUT2D eigenvalue weighted by Gasteiger charge is 2.76. The Labute approximate surface area is 292 Å². The summed E-state index contributed by atoms with van der Waals surface area (Å²) in [6.45, 7) is 8.29. The molecule has 5 rings (SSSR count). The number of nitrogens with one attached hydrogen (secondary N) is 1. The molecule has 2 N–H and O–H groups in total. The van der Waals surface area contributed by atoms with Crippen LogP contribution in [0.3, 0.4) is 0 Å². The molecule has 3 aliphatic heterocycles. The second kappa shape index (κ2) is 16.6. The van der Waals surface area contributed by atoms with Crippen LogP contribution < -0.4 is 5.32 Å². The van der Waals surface area contributed by atoms with E-state index >= 15 is 0 Å². The van der Waals surface area contributed by atoms with E-state index in [0.717, 1.165) is 37.7 Å². The van der Waals surface area contributed by atoms with Crippen molar-refractivity contribution in [2.45, 2.75) is 105 Å². The molecule has 1 aromatic rings. The lowest BCUT2D eigenvalue weighted by Gasteiger charge is -2.41. The van der Waals surface area contributed by atoms with Gasteiger partial charge in [0.15, 0.2) is 0 Å². The number of likely N-dealkylation sites (tertiary alicyclic amines) is 1. The smallest absolute Gasteiger partial charge is 0.306 e. The predicted octanol–water partition coefficient (Wildman–Crippen LogP) is 4.61. The van der Waals surface area contributed by atoms with Gasteiger partial charge in [0.05, 0.1) is 24.0 Å². The van der Waals surface area contributed by atoms with Gasteiger partial charge in [-0.25, -0.2) is 0 Å². The topological polar surface area (TPSA) is 125 Å². The van der Waals surface area contributed by atoms with Crippen LogP contribution in [0.25, 0.3) is 0 Å². The van der Waals surface area contributed by atoms with E-state index in [4.69, 9.17) is 9.47 Å². The summed E-state index contributed by atoms with van der Waals surface area (Å²) >= 11 is 3.77. The van der Waals surface area contributed by atoms with Crippen molar-refractivity contribution >= 4 is 39.6 Å². The number of rotatable bonds is 17. The van der Waals surface area contributed by atoms with Crippen LogP contribution in [-0.2, 0) is 28.7 Å². The Kier molecular flexibility index (Phi) is 12.5. The minimum atomic E-state index is -1.17. The number of aliphatic hydroxyl groups is 1. The monoisotopic (exact) mass is 727 g/mol. The van der Waals surface area contributed by atoms with Crippen molar-refractivity contribution in [2.24, 2.45) is 11.8 Å². The number of alkyl halides is 1. The zero-order chi connectivity index (χ0) is 34.3. The summed E-state index contributed by atoms with van der Waals surface area (Å²) in [5.41, 5.74) is -0.403. The molecule has 4 aliphatic rings. The van der Waals surface area contributed by atoms with Gasteiger partial charge in [-0.3, -0.25) is 19.2 Å². The highest BCUT2D eigenvalue weighted by Crippen LogP contribution is 2.60. The number of unbranched alkanes of at least 4 members (excludes halogenated alkanes) is 2. The van der Waals surface area contributed by atoms with Gasteiger partial charge in [-0.15, -0.1) is 13.2 Å². The molecular weight excluding hydrogens is 678 g/mol. The third kappa shape index (κ3) is 7.43. The molecule has 48 heavy (non-hydrogen) atoms. The van der Waals surface area contributed by atoms with Gasteiger partial charge in [0.2, 0.25) is 17.7 Å². The Morgan fingerprint density at radius 2 is 1.88 bits per heavy atom. The van der Waals surface area contributed by atoms with E-state index in [1.165, 1.54) is 0 Å². The van der Waals surface area contributed by atoms with Gasteiger partial charge in [0.25, 0.3) is 0 Å². The Balaban J connectivity index is 1.44. The normalized spacial score (nSPS) is 28.5. The molecule has 7 atom stereocenters. The van der Waals surface area contributed by atoms with Crippen LogP contribution in [0.4, 0.5) is 0 Å². The molecule has 3 amide bonds. The molecule has 1 aliphatic carbocycles. The molecule has 11 heteroatoms. The quantitative estimate of drug-likeness (QED) is 0.104. The van der Waals surface area contributed by atoms with Crippen LogP contribution in [0.5, 0.6) is 0 Å². The van der Waals surface area contributed by atoms with E-state index < -0.39 is 35.6 Å². The number of hydrogen-bond donors (Lipinski definition) is 2. The van der Waals surface area contributed by atoms with Gasteiger partial charge < -0.3 is 29.7 Å². The summed E-state index contributed by atoms with van der Waals surface area (Å²) in [6, 6.07) is 7.83. The van der Waals surface area contributed by atoms with E-state index in [-0.39, 0.29) is 54.2 Å². The molecule has 0 radical (unpaired) electrons. The number of hydrogen-bond acceptors (Lipinski definition) is 7. The number of nitrogens with zero attached hydrogens (tertiary/aromatic N) is 2. The van der Waals surface area contributed by atoms with Gasteiger partial charge in [-0.2, -0.15) is 0 Å². The van der Waals surface area contributed by atoms with Crippen molar-refractivity contribution in [1.82, 2.24) is 15.1 Å². The summed E-state index contributed by atoms with van der Waals surface area (Å²) in [5, 5.41) is 12.5. The molecular formula is C37H50BrN3O7. The maximum absolute atomic E-state index is 14.8. The molecule has 1 aromatic carbocycles. The number of amides is 3. The van der Waals surface area contributed by atoms with Gasteiger partial charge in [0.1, 0.15) is 18.2 Å². The number of carbonyl (C=O) groups excluding carboxylic acids is 4. The Morgan fingerprint density at radius 1 is 1.12 bits per heavy atom. The second-order valence-corrected chi connectivity index (χ2v) is 14.7. The summed E-state index contributed by atoms with van der Waals surface area (Å²) < 4.78 is 12.3. The average molecular weight is 729 g/mol. The fourth-order valence-corrected chi connectivity index (χ4v) is 9.21. The lowest BCUT2D eigenvalue weighted by Crippen LogP contribution is -2.58. The number of ether oxygens (including phenoxy) is 2. The third-order valence-electron chi connectivity index (χ3n) is 10.5. The summed E-state index contributed by atoms with van der Waals surface area (Å²) in [7, 11) is 0. The Morgan fingerprint density at radius 3 is 2.56 bits per heavy atom. The Hall–Kier alpha value is -3.02. The number of halogens is 1. The first-order valence-corrected chi connectivity index (χ1v) is 18.4. The first-order chi connectivity index (χ1) is 23.3. The zero-order valence-electron chi connectivity index (χ0n) is 27.8. The maximum Gasteiger partial charge on any atom is 0.306 e. The predicted molar refractivity (Wildman–Crippen MR) is 185 cm³/mol. The van der Waals surface area contributed by atoms with E-state index in [2.05, 4.69) is 34.4 Å². The molecule has 1 spiro atoms. The molecule has 4 fully saturated rings. The van der Waals surface area contributed by atoms with Crippen molar-refractivity contribution in [1.29, 1.82) is 0 Å². The second-order valence-electron chi connectivity index (χ2n) is 13.5. The van der Waals surface area contributed by atoms with Crippen LogP contribution >= 0.6 is 15.9 Å². The van der Waals surface area contributed by atoms with Crippen LogP contribution in [0.1, 0.15) is 82.2 Å². The molecule has 10 nitrogen and oxygen atoms in total. The molecule has 3 saturated heterocycles. The lowest BCUT2D eigenvalue weighted by molar-refractivity contribution is -0.150. The summed E-state index contributed by atoms with van der Waals surface area (Å²) in [6.07, 6.45) is 10.9. The highest BCUT2D eigenvalue weighted by atomic mass is 79.9. The SMILES string of the molecule is C=CCCC(=O)OC[C@@H](NC(=O)[C@@H]1[C@H]2O[C@@]3(CC2Br)[C@H](C(=O)N(CC=C)C2CCCCC2)N(CCCCCO)C(=O)[C@@H]13)c1ccccc1. The van der Waals surface area contributed by atoms with E-state index in [0.29, 0.717) is 45.2 Å². The highest BCUT2D eigenvalue weighted by molar-refractivity contribution is 9.09. The third-order valence-corrected chi connectivity index (χ3v) is 11.3. The molecule has 262 valence electrons. The average Bonchev–Trinajstić information content (AvgIpc) is 3.69.